The summed E-state index contributed by atoms with van der Waals surface area (Å²) in [5.74, 6) is 1.36. The molecule has 1 fully saturated rings. The summed E-state index contributed by atoms with van der Waals surface area (Å²) in [6.07, 6.45) is 3.53. The number of ether oxygens (including phenoxy) is 1. The van der Waals surface area contributed by atoms with Gasteiger partial charge in [-0.05, 0) is 48.1 Å². The van der Waals surface area contributed by atoms with Crippen molar-refractivity contribution in [2.45, 2.75) is 25.1 Å². The Balaban J connectivity index is 2.22. The van der Waals surface area contributed by atoms with Crippen LogP contribution in [0.4, 0.5) is 0 Å². The van der Waals surface area contributed by atoms with Gasteiger partial charge in [-0.15, -0.1) is 11.6 Å². The van der Waals surface area contributed by atoms with Crippen LogP contribution in [0.5, 0.6) is 5.75 Å². The first-order valence-electron chi connectivity index (χ1n) is 6.13. The fourth-order valence-corrected chi connectivity index (χ4v) is 2.70. The third-order valence-corrected chi connectivity index (χ3v) is 3.61. The molecule has 0 radical (unpaired) electrons. The number of benzene rings is 1. The number of halogens is 1. The molecule has 1 aromatic carbocycles. The normalized spacial score (nSPS) is 26.4. The van der Waals surface area contributed by atoms with E-state index in [1.807, 2.05) is 30.3 Å². The van der Waals surface area contributed by atoms with Crippen LogP contribution in [-0.2, 0) is 4.79 Å². The first-order chi connectivity index (χ1) is 8.60. The molecule has 0 aliphatic heterocycles. The summed E-state index contributed by atoms with van der Waals surface area (Å²) >= 11 is 6.06. The van der Waals surface area contributed by atoms with Gasteiger partial charge in [0, 0.05) is 0 Å². The van der Waals surface area contributed by atoms with Crippen molar-refractivity contribution in [3.8, 4) is 5.75 Å². The van der Waals surface area contributed by atoms with E-state index in [-0.39, 0.29) is 11.2 Å². The van der Waals surface area contributed by atoms with E-state index in [2.05, 4.69) is 6.92 Å². The molecule has 2 nitrogen and oxygen atoms in total. The average molecular weight is 265 g/mol. The van der Waals surface area contributed by atoms with E-state index in [4.69, 9.17) is 16.3 Å². The van der Waals surface area contributed by atoms with Gasteiger partial charge in [0.15, 0.2) is 5.78 Å². The van der Waals surface area contributed by atoms with Crippen molar-refractivity contribution in [2.24, 2.45) is 5.92 Å². The van der Waals surface area contributed by atoms with Gasteiger partial charge in [-0.25, -0.2) is 0 Å². The summed E-state index contributed by atoms with van der Waals surface area (Å²) in [4.78, 5) is 12.0. The fraction of sp³-hybridized carbons (Fsp3) is 0.400. The highest BCUT2D eigenvalue weighted by atomic mass is 35.5. The molecule has 0 spiro atoms. The summed E-state index contributed by atoms with van der Waals surface area (Å²) in [6.45, 7) is 2.13. The maximum atomic E-state index is 12.0. The molecule has 1 saturated carbocycles. The summed E-state index contributed by atoms with van der Waals surface area (Å²) in [6, 6.07) is 7.67. The lowest BCUT2D eigenvalue weighted by atomic mass is 9.84. The van der Waals surface area contributed by atoms with Gasteiger partial charge < -0.3 is 4.74 Å². The van der Waals surface area contributed by atoms with Crippen LogP contribution < -0.4 is 4.74 Å². The summed E-state index contributed by atoms with van der Waals surface area (Å²) < 4.78 is 5.11. The number of Topliss-reactive ketones (excluding diaryl/α,β-unsaturated/α-hetero) is 1. The molecule has 0 amide bonds. The van der Waals surface area contributed by atoms with Crippen LogP contribution in [0.1, 0.15) is 25.3 Å². The second-order valence-electron chi connectivity index (χ2n) is 4.82. The van der Waals surface area contributed by atoms with Gasteiger partial charge in [0.2, 0.25) is 0 Å². The summed E-state index contributed by atoms with van der Waals surface area (Å²) in [5.41, 5.74) is 1.84. The monoisotopic (exact) mass is 264 g/mol. The van der Waals surface area contributed by atoms with Crippen LogP contribution in [0.2, 0.25) is 0 Å². The predicted octanol–water partition coefficient (Wildman–Crippen LogP) is 3.69. The first-order valence-corrected chi connectivity index (χ1v) is 6.56. The molecule has 2 rings (SSSR count). The number of ketones is 1. The number of rotatable bonds is 2. The molecule has 0 aromatic heterocycles. The number of hydrogen-bond acceptors (Lipinski definition) is 2. The Kier molecular flexibility index (Phi) is 4.07. The van der Waals surface area contributed by atoms with E-state index in [0.29, 0.717) is 5.92 Å². The zero-order chi connectivity index (χ0) is 13.1. The minimum atomic E-state index is -0.363. The summed E-state index contributed by atoms with van der Waals surface area (Å²) in [7, 11) is 1.64. The van der Waals surface area contributed by atoms with Crippen molar-refractivity contribution in [1.82, 2.24) is 0 Å². The van der Waals surface area contributed by atoms with Crippen LogP contribution in [0.3, 0.4) is 0 Å². The van der Waals surface area contributed by atoms with E-state index < -0.39 is 0 Å². The van der Waals surface area contributed by atoms with Gasteiger partial charge in [0.1, 0.15) is 5.75 Å². The number of methoxy groups -OCH3 is 1. The molecule has 1 aromatic rings. The maximum Gasteiger partial charge on any atom is 0.176 e. The molecular weight excluding hydrogens is 248 g/mol. The molecule has 18 heavy (non-hydrogen) atoms. The van der Waals surface area contributed by atoms with Crippen molar-refractivity contribution in [1.29, 1.82) is 0 Å². The van der Waals surface area contributed by atoms with Gasteiger partial charge in [-0.1, -0.05) is 19.1 Å². The van der Waals surface area contributed by atoms with Crippen LogP contribution in [0.25, 0.3) is 6.08 Å². The molecule has 0 heterocycles. The zero-order valence-electron chi connectivity index (χ0n) is 10.7. The Labute approximate surface area is 113 Å². The highest BCUT2D eigenvalue weighted by Crippen LogP contribution is 2.30. The predicted molar refractivity (Wildman–Crippen MR) is 74.0 cm³/mol. The lowest BCUT2D eigenvalue weighted by Crippen LogP contribution is -2.26. The first kappa shape index (κ1) is 13.2. The van der Waals surface area contributed by atoms with E-state index >= 15 is 0 Å². The minimum Gasteiger partial charge on any atom is -0.497 e. The van der Waals surface area contributed by atoms with Crippen LogP contribution in [-0.4, -0.2) is 18.3 Å². The average Bonchev–Trinajstić information content (AvgIpc) is 2.36. The van der Waals surface area contributed by atoms with Gasteiger partial charge in [-0.3, -0.25) is 4.79 Å². The van der Waals surface area contributed by atoms with Gasteiger partial charge in [0.05, 0.1) is 12.5 Å². The second kappa shape index (κ2) is 5.57. The zero-order valence-corrected chi connectivity index (χ0v) is 11.4. The molecular formula is C15H17ClO2. The molecule has 1 aliphatic rings. The number of carbonyl (C=O) groups excluding carboxylic acids is 1. The molecule has 2 unspecified atom stereocenters. The third kappa shape index (κ3) is 2.94. The minimum absolute atomic E-state index is 0.0746. The van der Waals surface area contributed by atoms with Crippen molar-refractivity contribution >= 4 is 23.5 Å². The van der Waals surface area contributed by atoms with Crippen LogP contribution in [0, 0.1) is 5.92 Å². The molecule has 0 N–H and O–H groups in total. The lowest BCUT2D eigenvalue weighted by Gasteiger charge is -2.23. The van der Waals surface area contributed by atoms with Crippen LogP contribution in [0.15, 0.2) is 29.8 Å². The Hall–Kier alpha value is -1.28. The number of hydrogen-bond donors (Lipinski definition) is 0. The fourth-order valence-electron chi connectivity index (χ4n) is 2.25. The largest absolute Gasteiger partial charge is 0.497 e. The second-order valence-corrected chi connectivity index (χ2v) is 5.35. The SMILES string of the molecule is COc1ccc(C=C2CC(C)CC(Cl)C2=O)cc1. The van der Waals surface area contributed by atoms with E-state index in [0.717, 1.165) is 29.7 Å². The van der Waals surface area contributed by atoms with E-state index in [1.54, 1.807) is 7.11 Å². The molecule has 0 saturated heterocycles. The smallest absolute Gasteiger partial charge is 0.176 e. The van der Waals surface area contributed by atoms with Gasteiger partial charge in [-0.2, -0.15) is 0 Å². The van der Waals surface area contributed by atoms with Crippen molar-refractivity contribution < 1.29 is 9.53 Å². The molecule has 2 atom stereocenters. The highest BCUT2D eigenvalue weighted by molar-refractivity contribution is 6.34. The number of alkyl halides is 1. The molecule has 0 bridgehead atoms. The lowest BCUT2D eigenvalue weighted by molar-refractivity contribution is -0.116. The summed E-state index contributed by atoms with van der Waals surface area (Å²) in [5, 5.41) is -0.363. The van der Waals surface area contributed by atoms with Gasteiger partial charge >= 0.3 is 0 Å². The molecule has 96 valence electrons. The Morgan fingerprint density at radius 1 is 1.33 bits per heavy atom. The van der Waals surface area contributed by atoms with E-state index in [1.165, 1.54) is 0 Å². The molecule has 1 aliphatic carbocycles. The standard InChI is InChI=1S/C15H17ClO2/c1-10-7-12(15(17)14(16)8-10)9-11-3-5-13(18-2)6-4-11/h3-6,9-10,14H,7-8H2,1-2H3. The van der Waals surface area contributed by atoms with E-state index in [9.17, 15) is 4.79 Å². The number of carbonyl (C=O) groups is 1. The highest BCUT2D eigenvalue weighted by Gasteiger charge is 2.28. The quantitative estimate of drug-likeness (QED) is 0.602. The van der Waals surface area contributed by atoms with Gasteiger partial charge in [0.25, 0.3) is 0 Å². The Morgan fingerprint density at radius 3 is 2.61 bits per heavy atom. The Morgan fingerprint density at radius 2 is 2.00 bits per heavy atom. The third-order valence-electron chi connectivity index (χ3n) is 3.24. The topological polar surface area (TPSA) is 26.3 Å². The van der Waals surface area contributed by atoms with Crippen LogP contribution >= 0.6 is 11.6 Å². The van der Waals surface area contributed by atoms with Crippen molar-refractivity contribution in [3.05, 3.63) is 35.4 Å². The number of allylic oxidation sites excluding steroid dienone is 1. The maximum absolute atomic E-state index is 12.0. The Bertz CT molecular complexity index is 462. The molecule has 3 heteroatoms. The van der Waals surface area contributed by atoms with Crippen molar-refractivity contribution in [3.63, 3.8) is 0 Å². The van der Waals surface area contributed by atoms with Crippen molar-refractivity contribution in [2.75, 3.05) is 7.11 Å².